The maximum Gasteiger partial charge on any atom is 0.406 e. The highest BCUT2D eigenvalue weighted by molar-refractivity contribution is 5.55. The Kier molecular flexibility index (Phi) is 3.28. The van der Waals surface area contributed by atoms with Crippen molar-refractivity contribution in [1.82, 2.24) is 9.55 Å². The summed E-state index contributed by atoms with van der Waals surface area (Å²) in [5.74, 6) is 0.498. The Bertz CT molecular complexity index is 417. The van der Waals surface area contributed by atoms with Crippen molar-refractivity contribution in [2.45, 2.75) is 25.3 Å². The van der Waals surface area contributed by atoms with Crippen molar-refractivity contribution in [2.24, 2.45) is 12.8 Å². The van der Waals surface area contributed by atoms with Gasteiger partial charge in [0.05, 0.1) is 0 Å². The molecular weight excluding hydrogens is 222 g/mol. The van der Waals surface area contributed by atoms with Crippen molar-refractivity contribution >= 4 is 11.6 Å². The summed E-state index contributed by atoms with van der Waals surface area (Å²) in [5, 5.41) is 10.9. The van der Waals surface area contributed by atoms with Crippen molar-refractivity contribution in [3.8, 4) is 0 Å². The summed E-state index contributed by atoms with van der Waals surface area (Å²) in [6.45, 7) is 1.32. The number of imidazole rings is 1. The Morgan fingerprint density at radius 3 is 3.06 bits per heavy atom. The maximum absolute atomic E-state index is 10.9. The molecule has 1 atom stereocenters. The minimum absolute atomic E-state index is 0.0761. The molecule has 1 fully saturated rings. The van der Waals surface area contributed by atoms with Gasteiger partial charge in [0.2, 0.25) is 12.1 Å². The van der Waals surface area contributed by atoms with E-state index in [1.807, 2.05) is 4.90 Å². The van der Waals surface area contributed by atoms with Gasteiger partial charge >= 0.3 is 5.82 Å². The largest absolute Gasteiger partial charge is 0.406 e. The van der Waals surface area contributed by atoms with Crippen molar-refractivity contribution < 1.29 is 4.92 Å². The van der Waals surface area contributed by atoms with Crippen LogP contribution >= 0.6 is 0 Å². The molecule has 0 bridgehead atoms. The van der Waals surface area contributed by atoms with Gasteiger partial charge in [-0.1, -0.05) is 0 Å². The number of hydrogen-bond acceptors (Lipinski definition) is 5. The second kappa shape index (κ2) is 4.70. The summed E-state index contributed by atoms with van der Waals surface area (Å²) in [6, 6.07) is 0.179. The Morgan fingerprint density at radius 1 is 1.65 bits per heavy atom. The first kappa shape index (κ1) is 11.8. The van der Waals surface area contributed by atoms with Gasteiger partial charge in [0.25, 0.3) is 0 Å². The van der Waals surface area contributed by atoms with Crippen molar-refractivity contribution in [2.75, 3.05) is 18.0 Å². The number of nitrogens with two attached hydrogens (primary N) is 1. The van der Waals surface area contributed by atoms with Gasteiger partial charge in [0.15, 0.2) is 0 Å². The SMILES string of the molecule is Cn1cnc([N+](=O)[O-])c1N1CCCCC1CN. The van der Waals surface area contributed by atoms with Crippen LogP contribution in [0.25, 0.3) is 0 Å². The summed E-state index contributed by atoms with van der Waals surface area (Å²) in [6.07, 6.45) is 4.64. The first-order valence-electron chi connectivity index (χ1n) is 5.77. The molecule has 2 heterocycles. The molecule has 7 nitrogen and oxygen atoms in total. The number of nitrogens with zero attached hydrogens (tertiary/aromatic N) is 4. The molecule has 0 spiro atoms. The molecular formula is C10H17N5O2. The highest BCUT2D eigenvalue weighted by Crippen LogP contribution is 2.30. The predicted octanol–water partition coefficient (Wildman–Crippen LogP) is 0.646. The molecule has 94 valence electrons. The van der Waals surface area contributed by atoms with Crippen LogP contribution in [0.3, 0.4) is 0 Å². The molecule has 17 heavy (non-hydrogen) atoms. The average molecular weight is 239 g/mol. The lowest BCUT2D eigenvalue weighted by atomic mass is 10.0. The smallest absolute Gasteiger partial charge is 0.358 e. The lowest BCUT2D eigenvalue weighted by Crippen LogP contribution is -2.45. The van der Waals surface area contributed by atoms with Gasteiger partial charge in [0, 0.05) is 26.2 Å². The quantitative estimate of drug-likeness (QED) is 0.617. The van der Waals surface area contributed by atoms with Crippen LogP contribution in [0.4, 0.5) is 11.6 Å². The molecule has 1 aromatic rings. The monoisotopic (exact) mass is 239 g/mol. The summed E-state index contributed by atoms with van der Waals surface area (Å²) < 4.78 is 1.70. The molecule has 7 heteroatoms. The van der Waals surface area contributed by atoms with Crippen molar-refractivity contribution in [1.29, 1.82) is 0 Å². The number of nitro groups is 1. The zero-order valence-corrected chi connectivity index (χ0v) is 9.87. The lowest BCUT2D eigenvalue weighted by molar-refractivity contribution is -0.388. The van der Waals surface area contributed by atoms with Crippen LogP contribution in [0.1, 0.15) is 19.3 Å². The first-order chi connectivity index (χ1) is 8.15. The first-order valence-corrected chi connectivity index (χ1v) is 5.77. The molecule has 1 saturated heterocycles. The van der Waals surface area contributed by atoms with Gasteiger partial charge in [-0.15, -0.1) is 0 Å². The molecule has 1 aliphatic heterocycles. The van der Waals surface area contributed by atoms with E-state index in [-0.39, 0.29) is 11.9 Å². The third-order valence-electron chi connectivity index (χ3n) is 3.23. The fraction of sp³-hybridized carbons (Fsp3) is 0.700. The third kappa shape index (κ3) is 2.10. The summed E-state index contributed by atoms with van der Waals surface area (Å²) in [4.78, 5) is 16.4. The zero-order valence-electron chi connectivity index (χ0n) is 9.87. The fourth-order valence-electron chi connectivity index (χ4n) is 2.40. The van der Waals surface area contributed by atoms with Gasteiger partial charge in [0.1, 0.15) is 0 Å². The highest BCUT2D eigenvalue weighted by atomic mass is 16.6. The number of aryl methyl sites for hydroxylation is 1. The number of anilines is 1. The molecule has 0 amide bonds. The minimum atomic E-state index is -0.433. The lowest BCUT2D eigenvalue weighted by Gasteiger charge is -2.35. The summed E-state index contributed by atoms with van der Waals surface area (Å²) >= 11 is 0. The number of rotatable bonds is 3. The standard InChI is InChI=1S/C10H17N5O2/c1-13-7-12-9(15(16)17)10(13)14-5-3-2-4-8(14)6-11/h7-8H,2-6,11H2,1H3. The normalized spacial score (nSPS) is 20.6. The number of aromatic nitrogens is 2. The molecule has 2 N–H and O–H groups in total. The second-order valence-electron chi connectivity index (χ2n) is 4.34. The van der Waals surface area contributed by atoms with Crippen LogP contribution in [0, 0.1) is 10.1 Å². The average Bonchev–Trinajstić information content (AvgIpc) is 2.71. The van der Waals surface area contributed by atoms with E-state index >= 15 is 0 Å². The zero-order chi connectivity index (χ0) is 12.4. The molecule has 2 rings (SSSR count). The van der Waals surface area contributed by atoms with E-state index in [1.54, 1.807) is 11.6 Å². The van der Waals surface area contributed by atoms with E-state index in [2.05, 4.69) is 4.98 Å². The van der Waals surface area contributed by atoms with Gasteiger partial charge in [-0.05, 0) is 29.2 Å². The molecule has 1 unspecified atom stereocenters. The van der Waals surface area contributed by atoms with Crippen LogP contribution in [0.15, 0.2) is 6.33 Å². The van der Waals surface area contributed by atoms with Crippen LogP contribution in [-0.2, 0) is 7.05 Å². The van der Waals surface area contributed by atoms with Crippen LogP contribution < -0.4 is 10.6 Å². The Morgan fingerprint density at radius 2 is 2.41 bits per heavy atom. The molecule has 0 aliphatic carbocycles. The van der Waals surface area contributed by atoms with E-state index in [4.69, 9.17) is 5.73 Å². The minimum Gasteiger partial charge on any atom is -0.358 e. The fourth-order valence-corrected chi connectivity index (χ4v) is 2.40. The molecule has 0 saturated carbocycles. The van der Waals surface area contributed by atoms with E-state index in [0.717, 1.165) is 25.8 Å². The molecule has 0 aromatic carbocycles. The van der Waals surface area contributed by atoms with Gasteiger partial charge in [-0.3, -0.25) is 4.57 Å². The molecule has 1 aromatic heterocycles. The topological polar surface area (TPSA) is 90.2 Å². The Hall–Kier alpha value is -1.63. The van der Waals surface area contributed by atoms with Gasteiger partial charge in [-0.25, -0.2) is 0 Å². The third-order valence-corrected chi connectivity index (χ3v) is 3.23. The summed E-state index contributed by atoms with van der Waals surface area (Å²) in [7, 11) is 1.78. The molecule has 0 radical (unpaired) electrons. The van der Waals surface area contributed by atoms with Crippen LogP contribution in [0.5, 0.6) is 0 Å². The number of piperidine rings is 1. The molecule has 1 aliphatic rings. The number of hydrogen-bond donors (Lipinski definition) is 1. The Balaban J connectivity index is 2.37. The van der Waals surface area contributed by atoms with Gasteiger partial charge in [-0.2, -0.15) is 0 Å². The predicted molar refractivity (Wildman–Crippen MR) is 63.9 cm³/mol. The van der Waals surface area contributed by atoms with Crippen molar-refractivity contribution in [3.63, 3.8) is 0 Å². The Labute approximate surface area is 99.4 Å². The van der Waals surface area contributed by atoms with Gasteiger partial charge < -0.3 is 20.7 Å². The van der Waals surface area contributed by atoms with E-state index < -0.39 is 4.92 Å². The highest BCUT2D eigenvalue weighted by Gasteiger charge is 2.31. The van der Waals surface area contributed by atoms with Crippen LogP contribution in [-0.4, -0.2) is 33.6 Å². The van der Waals surface area contributed by atoms with E-state index in [0.29, 0.717) is 12.4 Å². The maximum atomic E-state index is 10.9. The van der Waals surface area contributed by atoms with Crippen LogP contribution in [0.2, 0.25) is 0 Å². The summed E-state index contributed by atoms with van der Waals surface area (Å²) in [5.41, 5.74) is 5.73. The van der Waals surface area contributed by atoms with E-state index in [9.17, 15) is 10.1 Å². The van der Waals surface area contributed by atoms with E-state index in [1.165, 1.54) is 6.33 Å². The van der Waals surface area contributed by atoms with Crippen molar-refractivity contribution in [3.05, 3.63) is 16.4 Å². The second-order valence-corrected chi connectivity index (χ2v) is 4.34.